The molecule has 1 saturated heterocycles. The molecule has 0 aliphatic carbocycles. The van der Waals surface area contributed by atoms with Gasteiger partial charge in [0.25, 0.3) is 0 Å². The second-order valence-electron chi connectivity index (χ2n) is 5.63. The molecular formula is C16H27N3O. The van der Waals surface area contributed by atoms with Crippen LogP contribution in [0.1, 0.15) is 11.6 Å². The number of ether oxygens (including phenoxy) is 1. The Morgan fingerprint density at radius 1 is 1.25 bits per heavy atom. The van der Waals surface area contributed by atoms with Crippen molar-refractivity contribution in [1.82, 2.24) is 15.1 Å². The monoisotopic (exact) mass is 277 g/mol. The predicted octanol–water partition coefficient (Wildman–Crippen LogP) is 1.21. The first-order valence-electron chi connectivity index (χ1n) is 7.49. The van der Waals surface area contributed by atoms with E-state index in [0.717, 1.165) is 45.9 Å². The molecule has 4 heteroatoms. The first-order chi connectivity index (χ1) is 9.75. The van der Waals surface area contributed by atoms with Crippen molar-refractivity contribution in [2.45, 2.75) is 6.04 Å². The molecule has 1 aliphatic rings. The lowest BCUT2D eigenvalue weighted by molar-refractivity contribution is 0.0826. The van der Waals surface area contributed by atoms with Gasteiger partial charge in [-0.15, -0.1) is 0 Å². The quantitative estimate of drug-likeness (QED) is 0.758. The van der Waals surface area contributed by atoms with Crippen LogP contribution in [0.15, 0.2) is 30.3 Å². The molecule has 112 valence electrons. The molecule has 0 amide bonds. The molecule has 0 saturated carbocycles. The highest BCUT2D eigenvalue weighted by Crippen LogP contribution is 2.16. The lowest BCUT2D eigenvalue weighted by atomic mass is 10.0. The van der Waals surface area contributed by atoms with Crippen LogP contribution in [-0.2, 0) is 4.74 Å². The first kappa shape index (κ1) is 15.4. The number of nitrogens with zero attached hydrogens (tertiary/aromatic N) is 2. The smallest absolute Gasteiger partial charge is 0.0594 e. The van der Waals surface area contributed by atoms with Crippen LogP contribution in [0.3, 0.4) is 0 Å². The summed E-state index contributed by atoms with van der Waals surface area (Å²) in [5, 5.41) is 3.59. The van der Waals surface area contributed by atoms with Crippen LogP contribution < -0.4 is 5.32 Å². The molecular weight excluding hydrogens is 250 g/mol. The van der Waals surface area contributed by atoms with Crippen molar-refractivity contribution in [3.8, 4) is 0 Å². The van der Waals surface area contributed by atoms with Gasteiger partial charge >= 0.3 is 0 Å². The Morgan fingerprint density at radius 3 is 2.80 bits per heavy atom. The van der Waals surface area contributed by atoms with E-state index in [2.05, 4.69) is 59.5 Å². The fourth-order valence-electron chi connectivity index (χ4n) is 2.47. The number of likely N-dealkylation sites (N-methyl/N-ethyl adjacent to an activating group) is 1. The number of benzene rings is 1. The molecule has 1 atom stereocenters. The standard InChI is InChI=1S/C16H27N3O/c1-18(2)10-12-20-13-11-19-9-8-17-16(14-19)15-6-4-3-5-7-15/h3-7,16-17H,8-14H2,1-2H3. The molecule has 1 unspecified atom stereocenters. The van der Waals surface area contributed by atoms with Crippen LogP contribution in [0.5, 0.6) is 0 Å². The van der Waals surface area contributed by atoms with Gasteiger partial charge in [0.15, 0.2) is 0 Å². The van der Waals surface area contributed by atoms with Gasteiger partial charge in [0.05, 0.1) is 13.2 Å². The van der Waals surface area contributed by atoms with Crippen LogP contribution in [-0.4, -0.2) is 69.8 Å². The summed E-state index contributed by atoms with van der Waals surface area (Å²) in [6.45, 7) is 6.90. The zero-order valence-corrected chi connectivity index (χ0v) is 12.7. The van der Waals surface area contributed by atoms with Gasteiger partial charge in [-0.05, 0) is 19.7 Å². The van der Waals surface area contributed by atoms with Crippen LogP contribution in [0.25, 0.3) is 0 Å². The summed E-state index contributed by atoms with van der Waals surface area (Å²) in [5.41, 5.74) is 1.38. The van der Waals surface area contributed by atoms with Crippen LogP contribution in [0.4, 0.5) is 0 Å². The van der Waals surface area contributed by atoms with Crippen molar-refractivity contribution < 1.29 is 4.74 Å². The highest BCUT2D eigenvalue weighted by molar-refractivity contribution is 5.19. The Morgan fingerprint density at radius 2 is 2.05 bits per heavy atom. The van der Waals surface area contributed by atoms with Gasteiger partial charge in [-0.2, -0.15) is 0 Å². The third-order valence-electron chi connectivity index (χ3n) is 3.70. The van der Waals surface area contributed by atoms with Crippen molar-refractivity contribution >= 4 is 0 Å². The van der Waals surface area contributed by atoms with Crippen molar-refractivity contribution in [3.63, 3.8) is 0 Å². The summed E-state index contributed by atoms with van der Waals surface area (Å²) < 4.78 is 5.68. The van der Waals surface area contributed by atoms with E-state index in [1.54, 1.807) is 0 Å². The Bertz CT molecular complexity index is 369. The van der Waals surface area contributed by atoms with E-state index in [1.165, 1.54) is 5.56 Å². The van der Waals surface area contributed by atoms with Crippen LogP contribution >= 0.6 is 0 Å². The SMILES string of the molecule is CN(C)CCOCCN1CCNC(c2ccccc2)C1. The molecule has 1 heterocycles. The number of piperazine rings is 1. The summed E-state index contributed by atoms with van der Waals surface area (Å²) in [5.74, 6) is 0. The minimum atomic E-state index is 0.451. The third kappa shape index (κ3) is 5.21. The third-order valence-corrected chi connectivity index (χ3v) is 3.70. The topological polar surface area (TPSA) is 27.7 Å². The van der Waals surface area contributed by atoms with Gasteiger partial charge in [0, 0.05) is 38.8 Å². The molecule has 1 aromatic rings. The molecule has 20 heavy (non-hydrogen) atoms. The van der Waals surface area contributed by atoms with Crippen LogP contribution in [0, 0.1) is 0 Å². The van der Waals surface area contributed by atoms with Crippen molar-refractivity contribution in [2.75, 3.05) is 60.0 Å². The Labute approximate surface area is 122 Å². The van der Waals surface area contributed by atoms with Crippen LogP contribution in [0.2, 0.25) is 0 Å². The summed E-state index contributed by atoms with van der Waals surface area (Å²) in [6.07, 6.45) is 0. The average molecular weight is 277 g/mol. The second-order valence-corrected chi connectivity index (χ2v) is 5.63. The van der Waals surface area contributed by atoms with E-state index < -0.39 is 0 Å². The number of nitrogens with one attached hydrogen (secondary N) is 1. The number of rotatable bonds is 7. The lowest BCUT2D eigenvalue weighted by Gasteiger charge is -2.33. The van der Waals surface area contributed by atoms with Gasteiger partial charge in [0.2, 0.25) is 0 Å². The van der Waals surface area contributed by atoms with E-state index in [9.17, 15) is 0 Å². The molecule has 0 spiro atoms. The van der Waals surface area contributed by atoms with Gasteiger partial charge in [-0.25, -0.2) is 0 Å². The van der Waals surface area contributed by atoms with Gasteiger partial charge in [0.1, 0.15) is 0 Å². The van der Waals surface area contributed by atoms with Crippen molar-refractivity contribution in [1.29, 1.82) is 0 Å². The zero-order chi connectivity index (χ0) is 14.2. The first-order valence-corrected chi connectivity index (χ1v) is 7.49. The normalized spacial score (nSPS) is 20.4. The fourth-order valence-corrected chi connectivity index (χ4v) is 2.47. The number of hydrogen-bond donors (Lipinski definition) is 1. The molecule has 1 fully saturated rings. The Kier molecular flexibility index (Phi) is 6.47. The van der Waals surface area contributed by atoms with Gasteiger partial charge in [-0.3, -0.25) is 4.90 Å². The lowest BCUT2D eigenvalue weighted by Crippen LogP contribution is -2.46. The summed E-state index contributed by atoms with van der Waals surface area (Å²) in [4.78, 5) is 4.64. The van der Waals surface area contributed by atoms with E-state index >= 15 is 0 Å². The minimum Gasteiger partial charge on any atom is -0.379 e. The predicted molar refractivity (Wildman–Crippen MR) is 83.0 cm³/mol. The summed E-state index contributed by atoms with van der Waals surface area (Å²) >= 11 is 0. The maximum Gasteiger partial charge on any atom is 0.0594 e. The Hall–Kier alpha value is -0.940. The van der Waals surface area contributed by atoms with E-state index in [-0.39, 0.29) is 0 Å². The fraction of sp³-hybridized carbons (Fsp3) is 0.625. The maximum atomic E-state index is 5.68. The molecule has 4 nitrogen and oxygen atoms in total. The van der Waals surface area contributed by atoms with Gasteiger partial charge in [-0.1, -0.05) is 30.3 Å². The zero-order valence-electron chi connectivity index (χ0n) is 12.7. The second kappa shape index (κ2) is 8.37. The average Bonchev–Trinajstić information content (AvgIpc) is 2.48. The molecule has 1 aromatic carbocycles. The summed E-state index contributed by atoms with van der Waals surface area (Å²) in [6, 6.07) is 11.2. The summed E-state index contributed by atoms with van der Waals surface area (Å²) in [7, 11) is 4.15. The highest BCUT2D eigenvalue weighted by Gasteiger charge is 2.19. The molecule has 0 aromatic heterocycles. The number of hydrogen-bond acceptors (Lipinski definition) is 4. The Balaban J connectivity index is 1.68. The highest BCUT2D eigenvalue weighted by atomic mass is 16.5. The molecule has 1 aliphatic heterocycles. The molecule has 1 N–H and O–H groups in total. The van der Waals surface area contributed by atoms with E-state index in [0.29, 0.717) is 6.04 Å². The largest absolute Gasteiger partial charge is 0.379 e. The van der Waals surface area contributed by atoms with E-state index in [4.69, 9.17) is 4.74 Å². The minimum absolute atomic E-state index is 0.451. The molecule has 0 radical (unpaired) electrons. The van der Waals surface area contributed by atoms with Gasteiger partial charge < -0.3 is 15.0 Å². The molecule has 2 rings (SSSR count). The van der Waals surface area contributed by atoms with E-state index in [1.807, 2.05) is 0 Å². The molecule has 0 bridgehead atoms. The maximum absolute atomic E-state index is 5.68. The van der Waals surface area contributed by atoms with Crippen molar-refractivity contribution in [2.24, 2.45) is 0 Å². The van der Waals surface area contributed by atoms with Crippen molar-refractivity contribution in [3.05, 3.63) is 35.9 Å².